The molecule has 0 atom stereocenters. The standard InChI is InChI=1S/C15H9N2O3/c18-10-20-17-14(11-6-2-1-3-7-11)16-13-9-5-4-8-12(13)15(17)19/h1-9H. The van der Waals surface area contributed by atoms with Crippen LogP contribution in [0.25, 0.3) is 22.3 Å². The summed E-state index contributed by atoms with van der Waals surface area (Å²) in [5.74, 6) is 0.262. The van der Waals surface area contributed by atoms with Gasteiger partial charge in [-0.1, -0.05) is 42.5 Å². The molecule has 3 aromatic rings. The highest BCUT2D eigenvalue weighted by atomic mass is 16.7. The van der Waals surface area contributed by atoms with Crippen molar-refractivity contribution in [2.24, 2.45) is 0 Å². The fraction of sp³-hybridized carbons (Fsp3) is 0. The first kappa shape index (κ1) is 12.1. The van der Waals surface area contributed by atoms with Gasteiger partial charge in [-0.25, -0.2) is 9.78 Å². The Morgan fingerprint density at radius 2 is 1.70 bits per heavy atom. The summed E-state index contributed by atoms with van der Waals surface area (Å²) in [6, 6.07) is 15.9. The quantitative estimate of drug-likeness (QED) is 0.721. The molecule has 1 aromatic heterocycles. The molecule has 0 aliphatic rings. The summed E-state index contributed by atoms with van der Waals surface area (Å²) in [4.78, 5) is 31.9. The van der Waals surface area contributed by atoms with Crippen LogP contribution < -0.4 is 10.4 Å². The fourth-order valence-corrected chi connectivity index (χ4v) is 2.01. The molecule has 1 radical (unpaired) electrons. The smallest absolute Gasteiger partial charge is 0.320 e. The van der Waals surface area contributed by atoms with Crippen LogP contribution in [0.1, 0.15) is 0 Å². The molecular formula is C15H9N2O3. The highest BCUT2D eigenvalue weighted by Crippen LogP contribution is 2.17. The number of hydrogen-bond donors (Lipinski definition) is 0. The molecule has 0 aliphatic carbocycles. The van der Waals surface area contributed by atoms with Crippen molar-refractivity contribution in [1.82, 2.24) is 9.71 Å². The van der Waals surface area contributed by atoms with Gasteiger partial charge in [-0.2, -0.15) is 0 Å². The maximum absolute atomic E-state index is 12.3. The zero-order valence-electron chi connectivity index (χ0n) is 10.3. The average Bonchev–Trinajstić information content (AvgIpc) is 2.51. The molecule has 97 valence electrons. The number of rotatable bonds is 3. The van der Waals surface area contributed by atoms with Crippen molar-refractivity contribution in [1.29, 1.82) is 0 Å². The van der Waals surface area contributed by atoms with E-state index in [1.165, 1.54) is 6.47 Å². The van der Waals surface area contributed by atoms with Crippen molar-refractivity contribution in [2.45, 2.75) is 0 Å². The van der Waals surface area contributed by atoms with Gasteiger partial charge >= 0.3 is 6.47 Å². The normalized spacial score (nSPS) is 10.4. The Kier molecular flexibility index (Phi) is 3.01. The van der Waals surface area contributed by atoms with Crippen LogP contribution in [0.15, 0.2) is 59.4 Å². The number of benzene rings is 2. The Bertz CT molecular complexity index is 825. The van der Waals surface area contributed by atoms with Crippen LogP contribution in [0.4, 0.5) is 0 Å². The summed E-state index contributed by atoms with van der Waals surface area (Å²) in [5.41, 5.74) is 0.769. The maximum atomic E-state index is 12.3. The second-order valence-electron chi connectivity index (χ2n) is 4.09. The van der Waals surface area contributed by atoms with Crippen LogP contribution in [0.5, 0.6) is 0 Å². The minimum absolute atomic E-state index is 0.262. The van der Waals surface area contributed by atoms with Gasteiger partial charge < -0.3 is 4.84 Å². The van der Waals surface area contributed by atoms with Gasteiger partial charge in [-0.05, 0) is 12.1 Å². The lowest BCUT2D eigenvalue weighted by Crippen LogP contribution is -2.29. The second kappa shape index (κ2) is 4.97. The van der Waals surface area contributed by atoms with Crippen LogP contribution in [-0.2, 0) is 4.79 Å². The number of fused-ring (bicyclic) bond motifs is 1. The van der Waals surface area contributed by atoms with E-state index in [-0.39, 0.29) is 5.82 Å². The molecule has 0 N–H and O–H groups in total. The van der Waals surface area contributed by atoms with Gasteiger partial charge in [0, 0.05) is 5.56 Å². The number of nitrogens with zero attached hydrogens (tertiary/aromatic N) is 2. The number of para-hydroxylation sites is 1. The summed E-state index contributed by atoms with van der Waals surface area (Å²) in [6.07, 6.45) is 0. The van der Waals surface area contributed by atoms with Crippen molar-refractivity contribution in [3.05, 3.63) is 65.0 Å². The van der Waals surface area contributed by atoms with Gasteiger partial charge in [0.05, 0.1) is 10.9 Å². The Morgan fingerprint density at radius 3 is 2.45 bits per heavy atom. The lowest BCUT2D eigenvalue weighted by molar-refractivity contribution is 0.235. The molecule has 0 unspecified atom stereocenters. The second-order valence-corrected chi connectivity index (χ2v) is 4.09. The monoisotopic (exact) mass is 265 g/mol. The first-order valence-corrected chi connectivity index (χ1v) is 5.93. The van der Waals surface area contributed by atoms with Gasteiger partial charge in [-0.15, -0.1) is 4.73 Å². The highest BCUT2D eigenvalue weighted by molar-refractivity contribution is 5.79. The van der Waals surface area contributed by atoms with Crippen LogP contribution in [-0.4, -0.2) is 16.2 Å². The Morgan fingerprint density at radius 1 is 1.00 bits per heavy atom. The molecule has 0 saturated carbocycles. The van der Waals surface area contributed by atoms with Gasteiger partial charge in [0.2, 0.25) is 0 Å². The fourth-order valence-electron chi connectivity index (χ4n) is 2.01. The molecule has 0 amide bonds. The van der Waals surface area contributed by atoms with Crippen molar-refractivity contribution >= 4 is 17.4 Å². The third-order valence-electron chi connectivity index (χ3n) is 2.90. The SMILES string of the molecule is O=[C]On1c(-c2ccccc2)nc2ccccc2c1=O. The first-order valence-electron chi connectivity index (χ1n) is 5.93. The van der Waals surface area contributed by atoms with Gasteiger partial charge in [0.25, 0.3) is 5.56 Å². The molecule has 0 aliphatic heterocycles. The zero-order chi connectivity index (χ0) is 13.9. The molecule has 0 saturated heterocycles. The Labute approximate surface area is 114 Å². The lowest BCUT2D eigenvalue weighted by atomic mass is 10.2. The molecule has 0 spiro atoms. The summed E-state index contributed by atoms with van der Waals surface area (Å²) in [5, 5.41) is 0.377. The van der Waals surface area contributed by atoms with E-state index in [9.17, 15) is 9.59 Å². The van der Waals surface area contributed by atoms with Gasteiger partial charge in [0.1, 0.15) is 0 Å². The Hall–Kier alpha value is -2.95. The molecule has 5 nitrogen and oxygen atoms in total. The molecule has 1 heterocycles. The Balaban J connectivity index is 2.38. The summed E-state index contributed by atoms with van der Waals surface area (Å²) in [7, 11) is 0. The van der Waals surface area contributed by atoms with Crippen LogP contribution >= 0.6 is 0 Å². The van der Waals surface area contributed by atoms with Gasteiger partial charge in [-0.3, -0.25) is 4.79 Å². The van der Waals surface area contributed by atoms with E-state index in [4.69, 9.17) is 0 Å². The van der Waals surface area contributed by atoms with E-state index >= 15 is 0 Å². The van der Waals surface area contributed by atoms with E-state index in [0.29, 0.717) is 16.5 Å². The molecule has 0 fully saturated rings. The molecule has 2 aromatic carbocycles. The number of hydrogen-bond acceptors (Lipinski definition) is 4. The third kappa shape index (κ3) is 1.95. The lowest BCUT2D eigenvalue weighted by Gasteiger charge is -2.09. The van der Waals surface area contributed by atoms with Crippen molar-refractivity contribution < 1.29 is 9.63 Å². The average molecular weight is 265 g/mol. The topological polar surface area (TPSA) is 61.2 Å². The minimum Gasteiger partial charge on any atom is -0.320 e. The zero-order valence-corrected chi connectivity index (χ0v) is 10.3. The van der Waals surface area contributed by atoms with Gasteiger partial charge in [0.15, 0.2) is 5.82 Å². The highest BCUT2D eigenvalue weighted by Gasteiger charge is 2.13. The summed E-state index contributed by atoms with van der Waals surface area (Å²) >= 11 is 0. The number of aromatic nitrogens is 2. The van der Waals surface area contributed by atoms with E-state index in [2.05, 4.69) is 9.82 Å². The first-order chi connectivity index (χ1) is 9.81. The van der Waals surface area contributed by atoms with E-state index in [0.717, 1.165) is 4.73 Å². The largest absolute Gasteiger partial charge is 0.444 e. The number of carbonyl (C=O) groups excluding carboxylic acids is 1. The van der Waals surface area contributed by atoms with E-state index in [1.807, 2.05) is 18.2 Å². The third-order valence-corrected chi connectivity index (χ3v) is 2.90. The van der Waals surface area contributed by atoms with E-state index in [1.54, 1.807) is 36.4 Å². The van der Waals surface area contributed by atoms with E-state index < -0.39 is 5.56 Å². The van der Waals surface area contributed by atoms with Crippen molar-refractivity contribution in [2.75, 3.05) is 0 Å². The van der Waals surface area contributed by atoms with Crippen molar-refractivity contribution in [3.63, 3.8) is 0 Å². The summed E-state index contributed by atoms with van der Waals surface area (Å²) < 4.78 is 0.852. The summed E-state index contributed by atoms with van der Waals surface area (Å²) in [6.45, 7) is 1.27. The maximum Gasteiger partial charge on any atom is 0.444 e. The molecular weight excluding hydrogens is 256 g/mol. The molecule has 20 heavy (non-hydrogen) atoms. The molecule has 0 bridgehead atoms. The van der Waals surface area contributed by atoms with Crippen LogP contribution in [0.3, 0.4) is 0 Å². The minimum atomic E-state index is -0.446. The van der Waals surface area contributed by atoms with Crippen LogP contribution in [0.2, 0.25) is 0 Å². The molecule has 5 heteroatoms. The van der Waals surface area contributed by atoms with Crippen LogP contribution in [0, 0.1) is 0 Å². The molecule has 3 rings (SSSR count). The predicted octanol–water partition coefficient (Wildman–Crippen LogP) is 1.56. The van der Waals surface area contributed by atoms with Crippen molar-refractivity contribution in [3.8, 4) is 11.4 Å². The predicted molar refractivity (Wildman–Crippen MR) is 73.7 cm³/mol.